The van der Waals surface area contributed by atoms with Crippen LogP contribution >= 0.6 is 0 Å². The number of hydrogen-bond donors (Lipinski definition) is 1. The molecule has 1 aliphatic carbocycles. The lowest BCUT2D eigenvalue weighted by molar-refractivity contribution is -0.125. The fourth-order valence-electron chi connectivity index (χ4n) is 3.12. The molecule has 0 saturated carbocycles. The monoisotopic (exact) mass is 294 g/mol. The van der Waals surface area contributed by atoms with Gasteiger partial charge < -0.3 is 5.32 Å². The second-order valence-electron chi connectivity index (χ2n) is 5.96. The summed E-state index contributed by atoms with van der Waals surface area (Å²) in [6.45, 7) is 0.749. The van der Waals surface area contributed by atoms with Crippen LogP contribution in [-0.2, 0) is 24.1 Å². The van der Waals surface area contributed by atoms with Crippen molar-refractivity contribution >= 4 is 5.91 Å². The SMILES string of the molecule is O=C(NCCCc1ccncc1)C1CCc2ccccc2C1. The molecule has 0 fully saturated rings. The van der Waals surface area contributed by atoms with E-state index in [0.717, 1.165) is 38.6 Å². The molecule has 2 aromatic rings. The second-order valence-corrected chi connectivity index (χ2v) is 5.96. The molecule has 0 radical (unpaired) electrons. The number of aryl methyl sites for hydroxylation is 2. The van der Waals surface area contributed by atoms with Gasteiger partial charge in [-0.15, -0.1) is 0 Å². The average Bonchev–Trinajstić information content (AvgIpc) is 2.59. The summed E-state index contributed by atoms with van der Waals surface area (Å²) < 4.78 is 0. The number of carbonyl (C=O) groups is 1. The van der Waals surface area contributed by atoms with E-state index in [9.17, 15) is 4.79 Å². The topological polar surface area (TPSA) is 42.0 Å². The van der Waals surface area contributed by atoms with Crippen LogP contribution in [-0.4, -0.2) is 17.4 Å². The van der Waals surface area contributed by atoms with E-state index >= 15 is 0 Å². The molecular weight excluding hydrogens is 272 g/mol. The predicted octanol–water partition coefficient (Wildman–Crippen LogP) is 2.94. The van der Waals surface area contributed by atoms with Gasteiger partial charge in [0.15, 0.2) is 0 Å². The summed E-state index contributed by atoms with van der Waals surface area (Å²) in [4.78, 5) is 16.3. The lowest BCUT2D eigenvalue weighted by Crippen LogP contribution is -2.34. The van der Waals surface area contributed by atoms with E-state index in [4.69, 9.17) is 0 Å². The quantitative estimate of drug-likeness (QED) is 0.862. The van der Waals surface area contributed by atoms with Gasteiger partial charge in [-0.05, 0) is 60.9 Å². The molecule has 1 unspecified atom stereocenters. The Morgan fingerprint density at radius 1 is 1.14 bits per heavy atom. The predicted molar refractivity (Wildman–Crippen MR) is 87.5 cm³/mol. The van der Waals surface area contributed by atoms with Crippen LogP contribution in [0.5, 0.6) is 0 Å². The maximum atomic E-state index is 12.3. The molecular formula is C19H22N2O. The molecule has 3 heteroatoms. The van der Waals surface area contributed by atoms with Gasteiger partial charge in [0.05, 0.1) is 0 Å². The smallest absolute Gasteiger partial charge is 0.223 e. The van der Waals surface area contributed by atoms with Crippen molar-refractivity contribution in [1.29, 1.82) is 0 Å². The summed E-state index contributed by atoms with van der Waals surface area (Å²) >= 11 is 0. The summed E-state index contributed by atoms with van der Waals surface area (Å²) in [6, 6.07) is 12.5. The normalized spacial score (nSPS) is 16.8. The Hall–Kier alpha value is -2.16. The molecule has 114 valence electrons. The van der Waals surface area contributed by atoms with E-state index in [1.807, 2.05) is 24.5 Å². The Labute approximate surface area is 131 Å². The van der Waals surface area contributed by atoms with Crippen molar-refractivity contribution in [3.63, 3.8) is 0 Å². The van der Waals surface area contributed by atoms with E-state index in [-0.39, 0.29) is 11.8 Å². The van der Waals surface area contributed by atoms with Crippen LogP contribution in [0.3, 0.4) is 0 Å². The number of amides is 1. The van der Waals surface area contributed by atoms with Crippen LogP contribution in [0.15, 0.2) is 48.8 Å². The van der Waals surface area contributed by atoms with Gasteiger partial charge in [0.1, 0.15) is 0 Å². The van der Waals surface area contributed by atoms with Gasteiger partial charge >= 0.3 is 0 Å². The first kappa shape index (κ1) is 14.8. The molecule has 1 amide bonds. The van der Waals surface area contributed by atoms with Gasteiger partial charge in [-0.3, -0.25) is 9.78 Å². The van der Waals surface area contributed by atoms with Crippen molar-refractivity contribution in [2.24, 2.45) is 5.92 Å². The minimum Gasteiger partial charge on any atom is -0.356 e. The average molecular weight is 294 g/mol. The zero-order chi connectivity index (χ0) is 15.2. The zero-order valence-electron chi connectivity index (χ0n) is 12.8. The lowest BCUT2D eigenvalue weighted by atomic mass is 9.83. The number of benzene rings is 1. The Morgan fingerprint density at radius 2 is 1.91 bits per heavy atom. The maximum Gasteiger partial charge on any atom is 0.223 e. The van der Waals surface area contributed by atoms with Crippen molar-refractivity contribution in [3.8, 4) is 0 Å². The Kier molecular flexibility index (Phi) is 4.84. The summed E-state index contributed by atoms with van der Waals surface area (Å²) in [5, 5.41) is 3.10. The van der Waals surface area contributed by atoms with E-state index in [0.29, 0.717) is 0 Å². The molecule has 1 heterocycles. The fourth-order valence-corrected chi connectivity index (χ4v) is 3.12. The van der Waals surface area contributed by atoms with Crippen molar-refractivity contribution in [1.82, 2.24) is 10.3 Å². The molecule has 1 aliphatic rings. The molecule has 3 rings (SSSR count). The van der Waals surface area contributed by atoms with Crippen LogP contribution in [0.25, 0.3) is 0 Å². The number of carbonyl (C=O) groups excluding carboxylic acids is 1. The third-order valence-electron chi connectivity index (χ3n) is 4.41. The van der Waals surface area contributed by atoms with Gasteiger partial charge in [-0.2, -0.15) is 0 Å². The van der Waals surface area contributed by atoms with Crippen LogP contribution < -0.4 is 5.32 Å². The van der Waals surface area contributed by atoms with Gasteiger partial charge in [0.25, 0.3) is 0 Å². The lowest BCUT2D eigenvalue weighted by Gasteiger charge is -2.23. The fraction of sp³-hybridized carbons (Fsp3) is 0.368. The molecule has 1 aromatic heterocycles. The summed E-state index contributed by atoms with van der Waals surface area (Å²) in [5.41, 5.74) is 4.02. The Balaban J connectivity index is 1.43. The third-order valence-corrected chi connectivity index (χ3v) is 4.41. The highest BCUT2D eigenvalue weighted by molar-refractivity contribution is 5.79. The van der Waals surface area contributed by atoms with Gasteiger partial charge in [0.2, 0.25) is 5.91 Å². The number of nitrogens with zero attached hydrogens (tertiary/aromatic N) is 1. The zero-order valence-corrected chi connectivity index (χ0v) is 12.8. The van der Waals surface area contributed by atoms with Gasteiger partial charge in [0, 0.05) is 24.9 Å². The van der Waals surface area contributed by atoms with E-state index < -0.39 is 0 Å². The maximum absolute atomic E-state index is 12.3. The van der Waals surface area contributed by atoms with Crippen LogP contribution in [0.4, 0.5) is 0 Å². The first-order chi connectivity index (χ1) is 10.8. The van der Waals surface area contributed by atoms with Crippen LogP contribution in [0.2, 0.25) is 0 Å². The molecule has 0 aliphatic heterocycles. The minimum absolute atomic E-state index is 0.135. The van der Waals surface area contributed by atoms with E-state index in [1.54, 1.807) is 0 Å². The number of fused-ring (bicyclic) bond motifs is 1. The summed E-state index contributed by atoms with van der Waals surface area (Å²) in [7, 11) is 0. The number of aromatic nitrogens is 1. The van der Waals surface area contributed by atoms with Gasteiger partial charge in [-0.1, -0.05) is 24.3 Å². The van der Waals surface area contributed by atoms with Crippen molar-refractivity contribution in [2.75, 3.05) is 6.54 Å². The molecule has 1 aromatic carbocycles. The van der Waals surface area contributed by atoms with Crippen LogP contribution in [0, 0.1) is 5.92 Å². The first-order valence-corrected chi connectivity index (χ1v) is 8.06. The number of pyridine rings is 1. The number of rotatable bonds is 5. The molecule has 0 bridgehead atoms. The highest BCUT2D eigenvalue weighted by Crippen LogP contribution is 2.25. The van der Waals surface area contributed by atoms with E-state index in [1.165, 1.54) is 16.7 Å². The Bertz CT molecular complexity index is 624. The Morgan fingerprint density at radius 3 is 2.73 bits per heavy atom. The number of nitrogens with one attached hydrogen (secondary N) is 1. The van der Waals surface area contributed by atoms with E-state index in [2.05, 4.69) is 34.6 Å². The van der Waals surface area contributed by atoms with Crippen molar-refractivity contribution in [3.05, 3.63) is 65.5 Å². The highest BCUT2D eigenvalue weighted by atomic mass is 16.1. The number of hydrogen-bond acceptors (Lipinski definition) is 2. The van der Waals surface area contributed by atoms with Gasteiger partial charge in [-0.25, -0.2) is 0 Å². The van der Waals surface area contributed by atoms with Crippen molar-refractivity contribution in [2.45, 2.75) is 32.1 Å². The largest absolute Gasteiger partial charge is 0.356 e. The molecule has 0 saturated heterocycles. The molecule has 3 nitrogen and oxygen atoms in total. The summed E-state index contributed by atoms with van der Waals surface area (Å²) in [6.07, 6.45) is 8.45. The molecule has 0 spiro atoms. The highest BCUT2D eigenvalue weighted by Gasteiger charge is 2.23. The second kappa shape index (κ2) is 7.21. The molecule has 1 N–H and O–H groups in total. The molecule has 1 atom stereocenters. The minimum atomic E-state index is 0.135. The first-order valence-electron chi connectivity index (χ1n) is 8.06. The summed E-state index contributed by atoms with van der Waals surface area (Å²) in [5.74, 6) is 0.347. The standard InChI is InChI=1S/C19H22N2O/c22-19(21-11-3-4-15-9-12-20-13-10-15)18-8-7-16-5-1-2-6-17(16)14-18/h1-2,5-6,9-10,12-13,18H,3-4,7-8,11,14H2,(H,21,22). The molecule has 22 heavy (non-hydrogen) atoms. The van der Waals surface area contributed by atoms with Crippen LogP contribution in [0.1, 0.15) is 29.5 Å². The van der Waals surface area contributed by atoms with Crippen molar-refractivity contribution < 1.29 is 4.79 Å². The third kappa shape index (κ3) is 3.73.